The lowest BCUT2D eigenvalue weighted by Gasteiger charge is -2.40. The molecule has 8 nitrogen and oxygen atoms in total. The Labute approximate surface area is 190 Å². The van der Waals surface area contributed by atoms with Gasteiger partial charge in [-0.2, -0.15) is 18.3 Å². The number of H-pyrrole nitrogens is 1. The van der Waals surface area contributed by atoms with E-state index in [1.165, 1.54) is 6.07 Å². The van der Waals surface area contributed by atoms with Gasteiger partial charge in [-0.25, -0.2) is 9.97 Å². The Balaban J connectivity index is 1.39. The maximum atomic E-state index is 12.8. The Morgan fingerprint density at radius 1 is 1.12 bits per heavy atom. The zero-order chi connectivity index (χ0) is 23.4. The molecule has 1 saturated heterocycles. The molecule has 0 amide bonds. The van der Waals surface area contributed by atoms with E-state index in [2.05, 4.69) is 37.3 Å². The number of alkyl halides is 3. The highest BCUT2D eigenvalue weighted by molar-refractivity contribution is 5.63. The van der Waals surface area contributed by atoms with Crippen molar-refractivity contribution in [1.29, 1.82) is 0 Å². The van der Waals surface area contributed by atoms with Crippen LogP contribution in [-0.4, -0.2) is 63.8 Å². The number of hydrogen-bond acceptors (Lipinski definition) is 7. The Morgan fingerprint density at radius 2 is 1.97 bits per heavy atom. The van der Waals surface area contributed by atoms with Crippen molar-refractivity contribution in [2.45, 2.75) is 25.7 Å². The summed E-state index contributed by atoms with van der Waals surface area (Å²) >= 11 is 0. The molecule has 3 aromatic rings. The SMILES string of the molecule is CC1CN(Cc2cn[nH]c2-c2ccc(NCCN)nc2)CCN1c1ccc(C(F)(F)F)cn1. The fourth-order valence-electron chi connectivity index (χ4n) is 4.01. The van der Waals surface area contributed by atoms with E-state index in [4.69, 9.17) is 5.73 Å². The molecule has 0 bridgehead atoms. The van der Waals surface area contributed by atoms with Crippen molar-refractivity contribution in [2.24, 2.45) is 5.73 Å². The van der Waals surface area contributed by atoms with Crippen LogP contribution in [0.5, 0.6) is 0 Å². The lowest BCUT2D eigenvalue weighted by atomic mass is 10.1. The van der Waals surface area contributed by atoms with Gasteiger partial charge in [0.25, 0.3) is 0 Å². The minimum absolute atomic E-state index is 0.105. The third kappa shape index (κ3) is 5.42. The monoisotopic (exact) mass is 460 g/mol. The predicted molar refractivity (Wildman–Crippen MR) is 121 cm³/mol. The summed E-state index contributed by atoms with van der Waals surface area (Å²) in [6, 6.07) is 6.53. The van der Waals surface area contributed by atoms with E-state index >= 15 is 0 Å². The lowest BCUT2D eigenvalue weighted by Crippen LogP contribution is -2.51. The smallest absolute Gasteiger partial charge is 0.369 e. The van der Waals surface area contributed by atoms with Crippen LogP contribution >= 0.6 is 0 Å². The molecule has 1 atom stereocenters. The van der Waals surface area contributed by atoms with Gasteiger partial charge in [0.05, 0.1) is 17.5 Å². The maximum Gasteiger partial charge on any atom is 0.417 e. The van der Waals surface area contributed by atoms with Crippen molar-refractivity contribution in [1.82, 2.24) is 25.1 Å². The molecule has 1 unspecified atom stereocenters. The van der Waals surface area contributed by atoms with Crippen molar-refractivity contribution in [3.63, 3.8) is 0 Å². The van der Waals surface area contributed by atoms with E-state index in [-0.39, 0.29) is 6.04 Å². The van der Waals surface area contributed by atoms with Gasteiger partial charge in [-0.3, -0.25) is 10.00 Å². The number of piperazine rings is 1. The van der Waals surface area contributed by atoms with Gasteiger partial charge in [-0.05, 0) is 31.2 Å². The van der Waals surface area contributed by atoms with Crippen LogP contribution in [0.1, 0.15) is 18.1 Å². The van der Waals surface area contributed by atoms with E-state index in [1.807, 2.05) is 23.2 Å². The molecule has 0 aliphatic carbocycles. The second kappa shape index (κ2) is 9.75. The molecule has 11 heteroatoms. The Hall–Kier alpha value is -3.18. The second-order valence-electron chi connectivity index (χ2n) is 8.10. The zero-order valence-electron chi connectivity index (χ0n) is 18.3. The molecular formula is C22H27F3N8. The van der Waals surface area contributed by atoms with Gasteiger partial charge in [0.15, 0.2) is 0 Å². The number of nitrogens with one attached hydrogen (secondary N) is 2. The molecule has 4 N–H and O–H groups in total. The standard InChI is InChI=1S/C22H27F3N8/c1-15-13-32(8-9-33(15)20-5-3-18(12-29-20)22(23,24)25)14-17-11-30-31-21(17)16-2-4-19(28-10-16)27-7-6-26/h2-5,10-12,15H,6-9,13-14,26H2,1H3,(H,27,28)(H,30,31). The number of halogens is 3. The van der Waals surface area contributed by atoms with Crippen molar-refractivity contribution < 1.29 is 13.2 Å². The second-order valence-corrected chi connectivity index (χ2v) is 8.10. The maximum absolute atomic E-state index is 12.8. The number of hydrogen-bond donors (Lipinski definition) is 3. The van der Waals surface area contributed by atoms with Crippen molar-refractivity contribution in [3.8, 4) is 11.3 Å². The molecule has 1 aliphatic rings. The zero-order valence-corrected chi connectivity index (χ0v) is 18.3. The minimum Gasteiger partial charge on any atom is -0.369 e. The fraction of sp³-hybridized carbons (Fsp3) is 0.409. The van der Waals surface area contributed by atoms with Crippen LogP contribution in [0.2, 0.25) is 0 Å². The van der Waals surface area contributed by atoms with Crippen LogP contribution in [-0.2, 0) is 12.7 Å². The van der Waals surface area contributed by atoms with Gasteiger partial charge in [0.2, 0.25) is 0 Å². The normalized spacial score (nSPS) is 17.4. The van der Waals surface area contributed by atoms with Crippen molar-refractivity contribution in [2.75, 3.05) is 42.9 Å². The van der Waals surface area contributed by atoms with E-state index in [1.54, 1.807) is 6.20 Å². The summed E-state index contributed by atoms with van der Waals surface area (Å²) in [4.78, 5) is 12.8. The van der Waals surface area contributed by atoms with Gasteiger partial charge < -0.3 is 16.0 Å². The first kappa shape index (κ1) is 23.0. The summed E-state index contributed by atoms with van der Waals surface area (Å²) in [6.45, 7) is 6.15. The Bertz CT molecular complexity index is 1030. The highest BCUT2D eigenvalue weighted by atomic mass is 19.4. The van der Waals surface area contributed by atoms with Gasteiger partial charge in [0, 0.05) is 68.8 Å². The first-order chi connectivity index (χ1) is 15.8. The number of nitrogens with two attached hydrogens (primary N) is 1. The summed E-state index contributed by atoms with van der Waals surface area (Å²) in [5.41, 5.74) is 7.71. The quantitative estimate of drug-likeness (QED) is 0.499. The van der Waals surface area contributed by atoms with E-state index in [9.17, 15) is 13.2 Å². The van der Waals surface area contributed by atoms with Gasteiger partial charge in [0.1, 0.15) is 11.6 Å². The van der Waals surface area contributed by atoms with Gasteiger partial charge in [-0.15, -0.1) is 0 Å². The molecule has 1 fully saturated rings. The molecule has 0 saturated carbocycles. The Kier molecular flexibility index (Phi) is 6.80. The highest BCUT2D eigenvalue weighted by Gasteiger charge is 2.31. The molecule has 0 aromatic carbocycles. The number of rotatable bonds is 7. The highest BCUT2D eigenvalue weighted by Crippen LogP contribution is 2.30. The number of anilines is 2. The molecule has 4 rings (SSSR count). The van der Waals surface area contributed by atoms with Gasteiger partial charge >= 0.3 is 6.18 Å². The molecule has 1 aliphatic heterocycles. The van der Waals surface area contributed by atoms with Crippen LogP contribution in [0.3, 0.4) is 0 Å². The Morgan fingerprint density at radius 3 is 2.61 bits per heavy atom. The molecular weight excluding hydrogens is 433 g/mol. The summed E-state index contributed by atoms with van der Waals surface area (Å²) in [5.74, 6) is 1.33. The van der Waals surface area contributed by atoms with E-state index in [0.717, 1.165) is 48.0 Å². The average Bonchev–Trinajstić information content (AvgIpc) is 3.26. The summed E-state index contributed by atoms with van der Waals surface area (Å²) in [5, 5.41) is 10.4. The molecule has 3 aromatic heterocycles. The third-order valence-electron chi connectivity index (χ3n) is 5.70. The molecule has 4 heterocycles. The predicted octanol–water partition coefficient (Wildman–Crippen LogP) is 2.97. The van der Waals surface area contributed by atoms with Crippen molar-refractivity contribution >= 4 is 11.6 Å². The molecule has 0 spiro atoms. The van der Waals surface area contributed by atoms with E-state index < -0.39 is 11.7 Å². The molecule has 176 valence electrons. The summed E-state index contributed by atoms with van der Waals surface area (Å²) in [6.07, 6.45) is 0.142. The minimum atomic E-state index is -4.38. The molecule has 0 radical (unpaired) electrons. The van der Waals surface area contributed by atoms with Crippen molar-refractivity contribution in [3.05, 3.63) is 54.0 Å². The van der Waals surface area contributed by atoms with Crippen LogP contribution in [0.15, 0.2) is 42.9 Å². The third-order valence-corrected chi connectivity index (χ3v) is 5.70. The summed E-state index contributed by atoms with van der Waals surface area (Å²) < 4.78 is 38.4. The van der Waals surface area contributed by atoms with Crippen LogP contribution in [0.4, 0.5) is 24.8 Å². The van der Waals surface area contributed by atoms with Crippen LogP contribution < -0.4 is 16.0 Å². The number of aromatic nitrogens is 4. The van der Waals surface area contributed by atoms with Crippen LogP contribution in [0, 0.1) is 0 Å². The first-order valence-electron chi connectivity index (χ1n) is 10.8. The van der Waals surface area contributed by atoms with Crippen LogP contribution in [0.25, 0.3) is 11.3 Å². The largest absolute Gasteiger partial charge is 0.417 e. The average molecular weight is 461 g/mol. The lowest BCUT2D eigenvalue weighted by molar-refractivity contribution is -0.137. The summed E-state index contributed by atoms with van der Waals surface area (Å²) in [7, 11) is 0. The first-order valence-corrected chi connectivity index (χ1v) is 10.8. The number of aromatic amines is 1. The topological polar surface area (TPSA) is 99.0 Å². The molecule has 33 heavy (non-hydrogen) atoms. The van der Waals surface area contributed by atoms with Gasteiger partial charge in [-0.1, -0.05) is 0 Å². The number of pyridine rings is 2. The number of nitrogens with zero attached hydrogens (tertiary/aromatic N) is 5. The van der Waals surface area contributed by atoms with E-state index in [0.29, 0.717) is 32.0 Å². The fourth-order valence-corrected chi connectivity index (χ4v) is 4.01.